The molecule has 0 unspecified atom stereocenters. The quantitative estimate of drug-likeness (QED) is 0.701. The van der Waals surface area contributed by atoms with E-state index in [4.69, 9.17) is 9.47 Å². The third kappa shape index (κ3) is 5.26. The number of carbonyl (C=O) groups is 1. The molecule has 1 amide bonds. The third-order valence-electron chi connectivity index (χ3n) is 3.73. The molecule has 23 heavy (non-hydrogen) atoms. The van der Waals surface area contributed by atoms with Crippen molar-refractivity contribution in [3.05, 3.63) is 23.8 Å². The number of anilines is 1. The van der Waals surface area contributed by atoms with Crippen molar-refractivity contribution >= 4 is 11.6 Å². The van der Waals surface area contributed by atoms with Gasteiger partial charge in [0.2, 0.25) is 0 Å². The molecule has 0 heterocycles. The SMILES string of the molecule is CCCCOc1ccc(NC(=O)[C@@](C)(CC)OCC)cc1C#N. The van der Waals surface area contributed by atoms with Gasteiger partial charge in [0.25, 0.3) is 5.91 Å². The van der Waals surface area contributed by atoms with Gasteiger partial charge >= 0.3 is 0 Å². The fourth-order valence-electron chi connectivity index (χ4n) is 2.06. The molecule has 0 aliphatic heterocycles. The number of ether oxygens (including phenoxy) is 2. The molecule has 0 aliphatic rings. The molecule has 5 heteroatoms. The van der Waals surface area contributed by atoms with Gasteiger partial charge in [0.05, 0.1) is 12.2 Å². The Kier molecular flexibility index (Phi) is 7.56. The van der Waals surface area contributed by atoms with Crippen molar-refractivity contribution in [3.8, 4) is 11.8 Å². The summed E-state index contributed by atoms with van der Waals surface area (Å²) in [5.41, 5.74) is 0.0972. The normalized spacial score (nSPS) is 13.0. The van der Waals surface area contributed by atoms with Crippen LogP contribution in [-0.2, 0) is 9.53 Å². The number of hydrogen-bond acceptors (Lipinski definition) is 4. The fourth-order valence-corrected chi connectivity index (χ4v) is 2.06. The molecule has 0 aromatic heterocycles. The Morgan fingerprint density at radius 1 is 1.35 bits per heavy atom. The molecule has 1 aromatic carbocycles. The Labute approximate surface area is 138 Å². The zero-order valence-corrected chi connectivity index (χ0v) is 14.4. The van der Waals surface area contributed by atoms with Crippen LogP contribution < -0.4 is 10.1 Å². The zero-order chi connectivity index (χ0) is 17.3. The van der Waals surface area contributed by atoms with Crippen LogP contribution in [0.25, 0.3) is 0 Å². The van der Waals surface area contributed by atoms with E-state index in [0.29, 0.717) is 36.6 Å². The summed E-state index contributed by atoms with van der Waals surface area (Å²) in [4.78, 5) is 12.4. The van der Waals surface area contributed by atoms with E-state index in [0.717, 1.165) is 12.8 Å². The summed E-state index contributed by atoms with van der Waals surface area (Å²) in [6, 6.07) is 7.19. The Balaban J connectivity index is 2.86. The topological polar surface area (TPSA) is 71.3 Å². The van der Waals surface area contributed by atoms with Crippen molar-refractivity contribution in [2.24, 2.45) is 0 Å². The van der Waals surface area contributed by atoms with Crippen molar-refractivity contribution < 1.29 is 14.3 Å². The molecule has 0 aliphatic carbocycles. The summed E-state index contributed by atoms with van der Waals surface area (Å²) in [5, 5.41) is 12.1. The molecule has 0 fully saturated rings. The molecule has 0 saturated carbocycles. The van der Waals surface area contributed by atoms with Crippen LogP contribution in [0.2, 0.25) is 0 Å². The van der Waals surface area contributed by atoms with E-state index in [1.165, 1.54) is 0 Å². The van der Waals surface area contributed by atoms with Crippen LogP contribution in [0.15, 0.2) is 18.2 Å². The highest BCUT2D eigenvalue weighted by Crippen LogP contribution is 2.24. The second-order valence-electron chi connectivity index (χ2n) is 5.50. The van der Waals surface area contributed by atoms with Crippen LogP contribution in [-0.4, -0.2) is 24.7 Å². The van der Waals surface area contributed by atoms with Crippen molar-refractivity contribution in [2.45, 2.75) is 52.6 Å². The number of unbranched alkanes of at least 4 members (excludes halogenated alkanes) is 1. The number of nitrogens with one attached hydrogen (secondary N) is 1. The largest absolute Gasteiger partial charge is 0.492 e. The van der Waals surface area contributed by atoms with Gasteiger partial charge in [-0.15, -0.1) is 0 Å². The number of benzene rings is 1. The predicted octanol–water partition coefficient (Wildman–Crippen LogP) is 3.88. The molecule has 1 atom stereocenters. The maximum atomic E-state index is 12.4. The molecule has 0 radical (unpaired) electrons. The first kappa shape index (κ1) is 19.0. The third-order valence-corrected chi connectivity index (χ3v) is 3.73. The van der Waals surface area contributed by atoms with Gasteiger partial charge in [-0.1, -0.05) is 20.3 Å². The molecule has 1 rings (SSSR count). The fraction of sp³-hybridized carbons (Fsp3) is 0.556. The summed E-state index contributed by atoms with van der Waals surface area (Å²) in [7, 11) is 0. The average molecular weight is 318 g/mol. The second kappa shape index (κ2) is 9.16. The lowest BCUT2D eigenvalue weighted by Gasteiger charge is -2.26. The van der Waals surface area contributed by atoms with Gasteiger partial charge in [-0.25, -0.2) is 0 Å². The zero-order valence-electron chi connectivity index (χ0n) is 14.4. The van der Waals surface area contributed by atoms with E-state index in [-0.39, 0.29) is 5.91 Å². The number of amides is 1. The number of rotatable bonds is 9. The van der Waals surface area contributed by atoms with Gasteiger partial charge in [0, 0.05) is 12.3 Å². The minimum atomic E-state index is -0.877. The molecule has 0 saturated heterocycles. The Bertz CT molecular complexity index is 566. The van der Waals surface area contributed by atoms with Crippen molar-refractivity contribution in [3.63, 3.8) is 0 Å². The Morgan fingerprint density at radius 2 is 2.09 bits per heavy atom. The van der Waals surface area contributed by atoms with Crippen LogP contribution in [0.5, 0.6) is 5.75 Å². The summed E-state index contributed by atoms with van der Waals surface area (Å²) in [6.45, 7) is 8.65. The van der Waals surface area contributed by atoms with Crippen molar-refractivity contribution in [2.75, 3.05) is 18.5 Å². The standard InChI is InChI=1S/C18H26N2O3/c1-5-8-11-22-16-10-9-15(12-14(16)13-19)20-17(21)18(4,6-2)23-7-3/h9-10,12H,5-8,11H2,1-4H3,(H,20,21)/t18-/m1/s1. The van der Waals surface area contributed by atoms with E-state index < -0.39 is 5.60 Å². The van der Waals surface area contributed by atoms with Gasteiger partial charge in [0.1, 0.15) is 17.4 Å². The molecule has 1 aromatic rings. The highest BCUT2D eigenvalue weighted by molar-refractivity contribution is 5.97. The first-order valence-corrected chi connectivity index (χ1v) is 8.13. The molecular weight excluding hydrogens is 292 g/mol. The number of nitriles is 1. The second-order valence-corrected chi connectivity index (χ2v) is 5.50. The number of hydrogen-bond donors (Lipinski definition) is 1. The Morgan fingerprint density at radius 3 is 2.65 bits per heavy atom. The van der Waals surface area contributed by atoms with Gasteiger partial charge in [0.15, 0.2) is 0 Å². The lowest BCUT2D eigenvalue weighted by atomic mass is 10.0. The summed E-state index contributed by atoms with van der Waals surface area (Å²) >= 11 is 0. The first-order chi connectivity index (χ1) is 11.0. The smallest absolute Gasteiger partial charge is 0.256 e. The molecule has 126 valence electrons. The van der Waals surface area contributed by atoms with Gasteiger partial charge in [-0.2, -0.15) is 5.26 Å². The monoisotopic (exact) mass is 318 g/mol. The Hall–Kier alpha value is -2.06. The van der Waals surface area contributed by atoms with Gasteiger partial charge in [-0.3, -0.25) is 4.79 Å². The molecule has 0 spiro atoms. The molecule has 5 nitrogen and oxygen atoms in total. The minimum absolute atomic E-state index is 0.217. The van der Waals surface area contributed by atoms with E-state index in [9.17, 15) is 10.1 Å². The maximum Gasteiger partial charge on any atom is 0.256 e. The predicted molar refractivity (Wildman–Crippen MR) is 90.5 cm³/mol. The summed E-state index contributed by atoms with van der Waals surface area (Å²) in [5.74, 6) is 0.326. The number of carbonyl (C=O) groups excluding carboxylic acids is 1. The van der Waals surface area contributed by atoms with E-state index >= 15 is 0 Å². The maximum absolute atomic E-state index is 12.4. The van der Waals surface area contributed by atoms with Crippen LogP contribution in [0, 0.1) is 11.3 Å². The van der Waals surface area contributed by atoms with Crippen LogP contribution in [0.4, 0.5) is 5.69 Å². The van der Waals surface area contributed by atoms with Gasteiger partial charge < -0.3 is 14.8 Å². The van der Waals surface area contributed by atoms with Crippen molar-refractivity contribution in [1.82, 2.24) is 0 Å². The number of nitrogens with zero attached hydrogens (tertiary/aromatic N) is 1. The minimum Gasteiger partial charge on any atom is -0.492 e. The van der Waals surface area contributed by atoms with E-state index in [1.54, 1.807) is 25.1 Å². The van der Waals surface area contributed by atoms with Crippen LogP contribution >= 0.6 is 0 Å². The van der Waals surface area contributed by atoms with Crippen LogP contribution in [0.1, 0.15) is 52.5 Å². The molecule has 1 N–H and O–H groups in total. The van der Waals surface area contributed by atoms with E-state index in [2.05, 4.69) is 18.3 Å². The highest BCUT2D eigenvalue weighted by Gasteiger charge is 2.31. The lowest BCUT2D eigenvalue weighted by molar-refractivity contribution is -0.139. The first-order valence-electron chi connectivity index (χ1n) is 8.13. The van der Waals surface area contributed by atoms with E-state index in [1.807, 2.05) is 13.8 Å². The van der Waals surface area contributed by atoms with Crippen molar-refractivity contribution in [1.29, 1.82) is 5.26 Å². The average Bonchev–Trinajstić information content (AvgIpc) is 2.56. The van der Waals surface area contributed by atoms with Crippen LogP contribution in [0.3, 0.4) is 0 Å². The summed E-state index contributed by atoms with van der Waals surface area (Å²) in [6.07, 6.45) is 2.53. The highest BCUT2D eigenvalue weighted by atomic mass is 16.5. The lowest BCUT2D eigenvalue weighted by Crippen LogP contribution is -2.42. The van der Waals surface area contributed by atoms with Gasteiger partial charge in [-0.05, 0) is 44.9 Å². The molecule has 0 bridgehead atoms. The molecular formula is C18H26N2O3. The summed E-state index contributed by atoms with van der Waals surface area (Å²) < 4.78 is 11.2.